The van der Waals surface area contributed by atoms with Gasteiger partial charge in [-0.2, -0.15) is 8.42 Å². The van der Waals surface area contributed by atoms with E-state index < -0.39 is 16.0 Å². The average molecular weight is 426 g/mol. The van der Waals surface area contributed by atoms with E-state index in [4.69, 9.17) is 10.5 Å². The van der Waals surface area contributed by atoms with Crippen LogP contribution in [-0.4, -0.2) is 52.4 Å². The van der Waals surface area contributed by atoms with Crippen molar-refractivity contribution in [1.29, 1.82) is 0 Å². The lowest BCUT2D eigenvalue weighted by atomic mass is 10.2. The summed E-state index contributed by atoms with van der Waals surface area (Å²) in [5.41, 5.74) is 9.04. The standard InChI is InChI=1S/C15H18N6O5S2/c1-4-26-14(23)10-5-6-12-11(7-10)17-15(16)20(12)28(24,25)13-8-19(3)21(27-13)18-9(2)22/h5-8H,4H2,1-3H3,(H2,16,17)(H,18,22). The second-order valence-electron chi connectivity index (χ2n) is 5.72. The molecule has 1 aromatic carbocycles. The first-order valence-electron chi connectivity index (χ1n) is 8.05. The van der Waals surface area contributed by atoms with Gasteiger partial charge in [-0.25, -0.2) is 13.8 Å². The van der Waals surface area contributed by atoms with Crippen molar-refractivity contribution in [3.8, 4) is 0 Å². The number of nitrogens with two attached hydrogens (primary N) is 1. The van der Waals surface area contributed by atoms with Crippen molar-refractivity contribution in [3.63, 3.8) is 0 Å². The van der Waals surface area contributed by atoms with Crippen molar-refractivity contribution >= 4 is 50.8 Å². The largest absolute Gasteiger partial charge is 0.462 e. The molecule has 0 bridgehead atoms. The zero-order chi connectivity index (χ0) is 20.6. The number of esters is 1. The fraction of sp³-hybridized carbons (Fsp3) is 0.267. The lowest BCUT2D eigenvalue weighted by Crippen LogP contribution is -2.41. The second kappa shape index (κ2) is 7.33. The highest BCUT2D eigenvalue weighted by Gasteiger charge is 2.34. The minimum Gasteiger partial charge on any atom is -0.462 e. The van der Waals surface area contributed by atoms with Crippen LogP contribution in [0.3, 0.4) is 0 Å². The summed E-state index contributed by atoms with van der Waals surface area (Å²) in [4.78, 5) is 27.2. The first kappa shape index (κ1) is 20.0. The number of hydrogen-bond acceptors (Lipinski definition) is 10. The molecule has 0 radical (unpaired) electrons. The van der Waals surface area contributed by atoms with Gasteiger partial charge in [-0.05, 0) is 25.1 Å². The first-order chi connectivity index (χ1) is 13.1. The Balaban J connectivity index is 2.01. The molecule has 1 aliphatic heterocycles. The highest BCUT2D eigenvalue weighted by atomic mass is 32.3. The molecular formula is C15H18N6O5S2. The summed E-state index contributed by atoms with van der Waals surface area (Å²) in [6, 6.07) is 4.30. The SMILES string of the molecule is CCOC(=O)c1ccc2c(c1)nc(N)n2S(=O)(=O)C1=CN(C)N(NC(C)=O)S1. The van der Waals surface area contributed by atoms with Gasteiger partial charge in [0.2, 0.25) is 11.9 Å². The molecule has 13 heteroatoms. The number of ether oxygens (including phenoxy) is 1. The maximum absolute atomic E-state index is 13.1. The number of amides is 1. The fourth-order valence-electron chi connectivity index (χ4n) is 2.49. The van der Waals surface area contributed by atoms with E-state index in [1.807, 2.05) is 0 Å². The van der Waals surface area contributed by atoms with Crippen molar-refractivity contribution < 1.29 is 22.7 Å². The third-order valence-corrected chi connectivity index (χ3v) is 6.79. The molecule has 0 unspecified atom stereocenters. The molecule has 2 aromatic rings. The molecule has 1 amide bonds. The van der Waals surface area contributed by atoms with E-state index in [9.17, 15) is 18.0 Å². The lowest BCUT2D eigenvalue weighted by Gasteiger charge is -2.22. The predicted octanol–water partition coefficient (Wildman–Crippen LogP) is 0.634. The van der Waals surface area contributed by atoms with E-state index in [1.54, 1.807) is 14.0 Å². The minimum atomic E-state index is -4.10. The van der Waals surface area contributed by atoms with Gasteiger partial charge in [0.15, 0.2) is 4.24 Å². The number of benzene rings is 1. The molecule has 11 nitrogen and oxygen atoms in total. The zero-order valence-corrected chi connectivity index (χ0v) is 16.9. The monoisotopic (exact) mass is 426 g/mol. The molecule has 0 fully saturated rings. The highest BCUT2D eigenvalue weighted by molar-refractivity contribution is 8.17. The summed E-state index contributed by atoms with van der Waals surface area (Å²) in [5.74, 6) is -1.15. The van der Waals surface area contributed by atoms with Crippen molar-refractivity contribution in [1.82, 2.24) is 23.9 Å². The Morgan fingerprint density at radius 2 is 2.07 bits per heavy atom. The predicted molar refractivity (Wildman–Crippen MR) is 104 cm³/mol. The molecule has 0 atom stereocenters. The van der Waals surface area contributed by atoms with Crippen LogP contribution in [0.5, 0.6) is 0 Å². The van der Waals surface area contributed by atoms with Gasteiger partial charge >= 0.3 is 5.97 Å². The molecule has 2 heterocycles. The lowest BCUT2D eigenvalue weighted by molar-refractivity contribution is -0.124. The van der Waals surface area contributed by atoms with Gasteiger partial charge in [0.05, 0.1) is 23.2 Å². The Hall–Kier alpha value is -2.77. The number of carbonyl (C=O) groups is 2. The normalized spacial score (nSPS) is 15.0. The van der Waals surface area contributed by atoms with Crippen LogP contribution in [0.4, 0.5) is 5.95 Å². The van der Waals surface area contributed by atoms with Gasteiger partial charge in [-0.15, -0.1) is 0 Å². The number of fused-ring (bicyclic) bond motifs is 1. The Morgan fingerprint density at radius 3 is 2.71 bits per heavy atom. The summed E-state index contributed by atoms with van der Waals surface area (Å²) in [6.45, 7) is 3.21. The topological polar surface area (TPSA) is 140 Å². The Labute approximate surface area is 165 Å². The quantitative estimate of drug-likeness (QED) is 0.517. The molecule has 0 saturated carbocycles. The smallest absolute Gasteiger partial charge is 0.338 e. The van der Waals surface area contributed by atoms with Crippen LogP contribution >= 0.6 is 11.9 Å². The van der Waals surface area contributed by atoms with Crippen LogP contribution in [0.2, 0.25) is 0 Å². The van der Waals surface area contributed by atoms with Crippen molar-refractivity contribution in [3.05, 3.63) is 34.2 Å². The second-order valence-corrected chi connectivity index (χ2v) is 8.70. The van der Waals surface area contributed by atoms with Crippen LogP contribution in [0.15, 0.2) is 28.6 Å². The summed E-state index contributed by atoms with van der Waals surface area (Å²) in [7, 11) is -2.52. The number of nitrogens with zero attached hydrogens (tertiary/aromatic N) is 4. The molecule has 1 aliphatic rings. The molecule has 150 valence electrons. The van der Waals surface area contributed by atoms with E-state index in [0.29, 0.717) is 0 Å². The van der Waals surface area contributed by atoms with Gasteiger partial charge in [0, 0.05) is 32.1 Å². The van der Waals surface area contributed by atoms with Gasteiger partial charge in [-0.1, -0.05) is 4.52 Å². The zero-order valence-electron chi connectivity index (χ0n) is 15.2. The molecule has 0 aliphatic carbocycles. The third kappa shape index (κ3) is 3.50. The van der Waals surface area contributed by atoms with E-state index in [-0.39, 0.29) is 39.3 Å². The Morgan fingerprint density at radius 1 is 1.36 bits per heavy atom. The van der Waals surface area contributed by atoms with E-state index in [1.165, 1.54) is 40.9 Å². The number of hydrazine groups is 2. The first-order valence-corrected chi connectivity index (χ1v) is 10.3. The van der Waals surface area contributed by atoms with E-state index >= 15 is 0 Å². The van der Waals surface area contributed by atoms with Crippen molar-refractivity contribution in [2.45, 2.75) is 13.8 Å². The number of imidazole rings is 1. The van der Waals surface area contributed by atoms with Gasteiger partial charge in [0.25, 0.3) is 10.0 Å². The Bertz CT molecular complexity index is 1090. The van der Waals surface area contributed by atoms with E-state index in [2.05, 4.69) is 10.4 Å². The summed E-state index contributed by atoms with van der Waals surface area (Å²) in [5, 5.41) is 1.41. The molecule has 28 heavy (non-hydrogen) atoms. The minimum absolute atomic E-state index is 0.0655. The molecular weight excluding hydrogens is 408 g/mol. The van der Waals surface area contributed by atoms with Crippen LogP contribution in [0, 0.1) is 0 Å². The number of anilines is 1. The van der Waals surface area contributed by atoms with Crippen LogP contribution < -0.4 is 11.2 Å². The fourth-order valence-corrected chi connectivity index (χ4v) is 5.19. The highest BCUT2D eigenvalue weighted by Crippen LogP contribution is 2.36. The summed E-state index contributed by atoms with van der Waals surface area (Å²) < 4.78 is 33.3. The number of nitrogens with one attached hydrogen (secondary N) is 1. The number of hydrogen-bond donors (Lipinski definition) is 2. The maximum Gasteiger partial charge on any atom is 0.338 e. The molecule has 3 N–H and O–H groups in total. The van der Waals surface area contributed by atoms with Crippen molar-refractivity contribution in [2.24, 2.45) is 0 Å². The Kier molecular flexibility index (Phi) is 5.23. The summed E-state index contributed by atoms with van der Waals surface area (Å²) >= 11 is 0.806. The molecule has 1 aromatic heterocycles. The molecule has 0 spiro atoms. The van der Waals surface area contributed by atoms with Crippen LogP contribution in [-0.2, 0) is 19.6 Å². The van der Waals surface area contributed by atoms with E-state index in [0.717, 1.165) is 15.9 Å². The van der Waals surface area contributed by atoms with Gasteiger partial charge < -0.3 is 10.5 Å². The number of aromatic nitrogens is 2. The molecule has 3 rings (SSSR count). The number of nitrogen functional groups attached to an aromatic ring is 1. The summed E-state index contributed by atoms with van der Waals surface area (Å²) in [6.07, 6.45) is 1.34. The number of rotatable bonds is 5. The van der Waals surface area contributed by atoms with Crippen molar-refractivity contribution in [2.75, 3.05) is 19.4 Å². The maximum atomic E-state index is 13.1. The van der Waals surface area contributed by atoms with Gasteiger partial charge in [0.1, 0.15) is 0 Å². The molecule has 0 saturated heterocycles. The van der Waals surface area contributed by atoms with Crippen LogP contribution in [0.25, 0.3) is 11.0 Å². The van der Waals surface area contributed by atoms with Gasteiger partial charge in [-0.3, -0.25) is 15.2 Å². The number of carbonyl (C=O) groups excluding carboxylic acids is 2. The average Bonchev–Trinajstić information content (AvgIpc) is 3.14. The van der Waals surface area contributed by atoms with Crippen LogP contribution in [0.1, 0.15) is 24.2 Å². The third-order valence-electron chi connectivity index (χ3n) is 3.65.